The van der Waals surface area contributed by atoms with Gasteiger partial charge in [0, 0.05) is 24.0 Å². The van der Waals surface area contributed by atoms with Crippen molar-refractivity contribution >= 4 is 39.0 Å². The van der Waals surface area contributed by atoms with E-state index in [1.54, 1.807) is 12.1 Å². The van der Waals surface area contributed by atoms with E-state index in [1.165, 1.54) is 18.3 Å². The van der Waals surface area contributed by atoms with Crippen LogP contribution in [0.3, 0.4) is 0 Å². The number of nitrogens with two attached hydrogens (primary N) is 1. The predicted molar refractivity (Wildman–Crippen MR) is 77.4 cm³/mol. The fraction of sp³-hybridized carbons (Fsp3) is 0. The fourth-order valence-electron chi connectivity index (χ4n) is 1.51. The van der Waals surface area contributed by atoms with Gasteiger partial charge in [0.1, 0.15) is 5.82 Å². The summed E-state index contributed by atoms with van der Waals surface area (Å²) in [6.45, 7) is 0. The number of carbonyl (C=O) groups is 1. The van der Waals surface area contributed by atoms with Crippen LogP contribution in [0.1, 0.15) is 10.4 Å². The maximum Gasteiger partial charge on any atom is 0.270 e. The predicted octanol–water partition coefficient (Wildman–Crippen LogP) is 2.59. The number of nitrogens with zero attached hydrogens (tertiary/aromatic N) is 2. The molecule has 0 bridgehead atoms. The lowest BCUT2D eigenvalue weighted by Crippen LogP contribution is -2.15. The molecular weight excluding hydrogens is 328 g/mol. The summed E-state index contributed by atoms with van der Waals surface area (Å²) in [7, 11) is 0. The number of nitrogens with one attached hydrogen (secondary N) is 1. The number of pyridine rings is 1. The molecule has 0 spiro atoms. The standard InChI is InChI=1S/C12H9BrN4O3/c13-9-2-1-5-15-11(9)16-12(18)8-6-7(17(19)20)3-4-10(8)14/h1-6H,14H2,(H,15,16,18). The number of nitro groups is 1. The van der Waals surface area contributed by atoms with Crippen LogP contribution in [-0.4, -0.2) is 15.8 Å². The molecule has 102 valence electrons. The second-order valence-corrected chi connectivity index (χ2v) is 4.67. The zero-order chi connectivity index (χ0) is 14.7. The van der Waals surface area contributed by atoms with Crippen molar-refractivity contribution in [1.82, 2.24) is 4.98 Å². The molecule has 3 N–H and O–H groups in total. The van der Waals surface area contributed by atoms with E-state index in [0.29, 0.717) is 10.3 Å². The van der Waals surface area contributed by atoms with Crippen LogP contribution >= 0.6 is 15.9 Å². The minimum atomic E-state index is -0.590. The van der Waals surface area contributed by atoms with Crippen molar-refractivity contribution in [3.05, 3.63) is 56.7 Å². The van der Waals surface area contributed by atoms with Crippen molar-refractivity contribution in [3.63, 3.8) is 0 Å². The van der Waals surface area contributed by atoms with Crippen molar-refractivity contribution < 1.29 is 9.72 Å². The summed E-state index contributed by atoms with van der Waals surface area (Å²) < 4.78 is 0.595. The first-order valence-electron chi connectivity index (χ1n) is 5.45. The van der Waals surface area contributed by atoms with E-state index in [0.717, 1.165) is 6.07 Å². The van der Waals surface area contributed by atoms with Gasteiger partial charge in [-0.1, -0.05) is 0 Å². The molecule has 1 aromatic heterocycles. The third kappa shape index (κ3) is 2.91. The smallest absolute Gasteiger partial charge is 0.270 e. The highest BCUT2D eigenvalue weighted by molar-refractivity contribution is 9.10. The largest absolute Gasteiger partial charge is 0.398 e. The summed E-state index contributed by atoms with van der Waals surface area (Å²) in [5.41, 5.74) is 5.64. The number of nitrogen functional groups attached to an aromatic ring is 1. The minimum Gasteiger partial charge on any atom is -0.398 e. The van der Waals surface area contributed by atoms with Gasteiger partial charge >= 0.3 is 0 Å². The average molecular weight is 337 g/mol. The van der Waals surface area contributed by atoms with Gasteiger partial charge in [-0.05, 0) is 34.1 Å². The van der Waals surface area contributed by atoms with E-state index in [2.05, 4.69) is 26.2 Å². The first-order valence-corrected chi connectivity index (χ1v) is 6.24. The van der Waals surface area contributed by atoms with Gasteiger partial charge < -0.3 is 11.1 Å². The highest BCUT2D eigenvalue weighted by Crippen LogP contribution is 2.23. The van der Waals surface area contributed by atoms with Crippen molar-refractivity contribution in [2.45, 2.75) is 0 Å². The minimum absolute atomic E-state index is 0.0248. The first-order chi connectivity index (χ1) is 9.49. The molecule has 1 heterocycles. The summed E-state index contributed by atoms with van der Waals surface area (Å²) >= 11 is 3.24. The Morgan fingerprint density at radius 2 is 2.15 bits per heavy atom. The highest BCUT2D eigenvalue weighted by atomic mass is 79.9. The number of benzene rings is 1. The Morgan fingerprint density at radius 3 is 2.80 bits per heavy atom. The van der Waals surface area contributed by atoms with Crippen LogP contribution in [0.4, 0.5) is 17.2 Å². The molecule has 0 atom stereocenters. The summed E-state index contributed by atoms with van der Waals surface area (Å²) in [5.74, 6) is -0.256. The Kier molecular flexibility index (Phi) is 3.94. The number of nitro benzene ring substituents is 1. The van der Waals surface area contributed by atoms with Crippen molar-refractivity contribution in [3.8, 4) is 0 Å². The van der Waals surface area contributed by atoms with Gasteiger partial charge in [0.05, 0.1) is 15.0 Å². The van der Waals surface area contributed by atoms with Gasteiger partial charge in [0.2, 0.25) is 0 Å². The molecular formula is C12H9BrN4O3. The molecule has 1 amide bonds. The molecule has 1 aromatic carbocycles. The molecule has 0 unspecified atom stereocenters. The third-order valence-corrected chi connectivity index (χ3v) is 3.12. The molecule has 0 saturated carbocycles. The van der Waals surface area contributed by atoms with Gasteiger partial charge in [-0.3, -0.25) is 14.9 Å². The van der Waals surface area contributed by atoms with Gasteiger partial charge in [-0.15, -0.1) is 0 Å². The van der Waals surface area contributed by atoms with E-state index in [4.69, 9.17) is 5.73 Å². The normalized spacial score (nSPS) is 10.1. The van der Waals surface area contributed by atoms with Gasteiger partial charge in [-0.25, -0.2) is 4.98 Å². The zero-order valence-electron chi connectivity index (χ0n) is 10.0. The number of amides is 1. The molecule has 20 heavy (non-hydrogen) atoms. The maximum atomic E-state index is 12.1. The van der Waals surface area contributed by atoms with Crippen LogP contribution in [0.25, 0.3) is 0 Å². The van der Waals surface area contributed by atoms with Gasteiger partial charge in [0.15, 0.2) is 0 Å². The molecule has 0 aliphatic carbocycles. The SMILES string of the molecule is Nc1ccc([N+](=O)[O-])cc1C(=O)Nc1ncccc1Br. The van der Waals surface area contributed by atoms with Gasteiger partial charge in [-0.2, -0.15) is 0 Å². The second-order valence-electron chi connectivity index (χ2n) is 3.82. The molecule has 0 fully saturated rings. The Morgan fingerprint density at radius 1 is 1.40 bits per heavy atom. The number of carbonyl (C=O) groups excluding carboxylic acids is 1. The van der Waals surface area contributed by atoms with E-state index in [-0.39, 0.29) is 16.9 Å². The Balaban J connectivity index is 2.32. The van der Waals surface area contributed by atoms with Crippen LogP contribution < -0.4 is 11.1 Å². The fourth-order valence-corrected chi connectivity index (χ4v) is 1.86. The lowest BCUT2D eigenvalue weighted by molar-refractivity contribution is -0.384. The lowest BCUT2D eigenvalue weighted by Gasteiger charge is -2.08. The summed E-state index contributed by atoms with van der Waals surface area (Å²) in [6, 6.07) is 7.09. The molecule has 0 radical (unpaired) electrons. The van der Waals surface area contributed by atoms with Gasteiger partial charge in [0.25, 0.3) is 11.6 Å². The van der Waals surface area contributed by atoms with Crippen LogP contribution in [0.15, 0.2) is 41.0 Å². The number of halogens is 1. The first kappa shape index (κ1) is 13.9. The number of anilines is 2. The number of non-ortho nitro benzene ring substituents is 1. The number of hydrogen-bond donors (Lipinski definition) is 2. The topological polar surface area (TPSA) is 111 Å². The number of hydrogen-bond acceptors (Lipinski definition) is 5. The van der Waals surface area contributed by atoms with Crippen LogP contribution in [0.2, 0.25) is 0 Å². The summed E-state index contributed by atoms with van der Waals surface area (Å²) in [5, 5.41) is 13.2. The van der Waals surface area contributed by atoms with Crippen LogP contribution in [-0.2, 0) is 0 Å². The molecule has 0 saturated heterocycles. The monoisotopic (exact) mass is 336 g/mol. The second kappa shape index (κ2) is 5.66. The molecule has 2 rings (SSSR count). The Labute approximate surface area is 122 Å². The molecule has 0 aliphatic heterocycles. The third-order valence-electron chi connectivity index (χ3n) is 2.48. The lowest BCUT2D eigenvalue weighted by atomic mass is 10.1. The number of aromatic nitrogens is 1. The molecule has 8 heteroatoms. The Bertz CT molecular complexity index is 690. The average Bonchev–Trinajstić information content (AvgIpc) is 2.41. The van der Waals surface area contributed by atoms with Crippen LogP contribution in [0.5, 0.6) is 0 Å². The molecule has 2 aromatic rings. The van der Waals surface area contributed by atoms with Crippen molar-refractivity contribution in [2.24, 2.45) is 0 Å². The summed E-state index contributed by atoms with van der Waals surface area (Å²) in [6.07, 6.45) is 1.51. The van der Waals surface area contributed by atoms with Crippen molar-refractivity contribution in [2.75, 3.05) is 11.1 Å². The zero-order valence-corrected chi connectivity index (χ0v) is 11.6. The highest BCUT2D eigenvalue weighted by Gasteiger charge is 2.16. The van der Waals surface area contributed by atoms with E-state index >= 15 is 0 Å². The van der Waals surface area contributed by atoms with Crippen LogP contribution in [0, 0.1) is 10.1 Å². The Hall–Kier alpha value is -2.48. The molecule has 0 aliphatic rings. The molecule has 7 nitrogen and oxygen atoms in total. The maximum absolute atomic E-state index is 12.1. The van der Waals surface area contributed by atoms with E-state index < -0.39 is 10.8 Å². The summed E-state index contributed by atoms with van der Waals surface area (Å²) in [4.78, 5) is 26.2. The van der Waals surface area contributed by atoms with E-state index in [1.807, 2.05) is 0 Å². The number of rotatable bonds is 3. The van der Waals surface area contributed by atoms with E-state index in [9.17, 15) is 14.9 Å². The van der Waals surface area contributed by atoms with Crippen molar-refractivity contribution in [1.29, 1.82) is 0 Å². The quantitative estimate of drug-likeness (QED) is 0.508.